The molecule has 0 amide bonds. The van der Waals surface area contributed by atoms with Gasteiger partial charge in [0.25, 0.3) is 0 Å². The smallest absolute Gasteiger partial charge is 0.416 e. The molecule has 3 heterocycles. The second-order valence-electron chi connectivity index (χ2n) is 17.9. The van der Waals surface area contributed by atoms with E-state index in [1.54, 1.807) is 41.1 Å². The van der Waals surface area contributed by atoms with E-state index < -0.39 is 79.1 Å². The van der Waals surface area contributed by atoms with Crippen LogP contribution in [0.15, 0.2) is 120 Å². The minimum Gasteiger partial charge on any atom is -0.497 e. The van der Waals surface area contributed by atoms with Crippen LogP contribution in [-0.2, 0) is 50.9 Å². The van der Waals surface area contributed by atoms with Crippen molar-refractivity contribution < 1.29 is 55.3 Å². The van der Waals surface area contributed by atoms with Crippen molar-refractivity contribution in [3.63, 3.8) is 0 Å². The number of halogens is 3. The first kappa shape index (κ1) is 51.8. The summed E-state index contributed by atoms with van der Waals surface area (Å²) in [4.78, 5) is 31.8. The highest BCUT2D eigenvalue weighted by Gasteiger charge is 2.64. The molecule has 5 atom stereocenters. The van der Waals surface area contributed by atoms with Crippen LogP contribution in [0.5, 0.6) is 11.5 Å². The number of nitrogens with zero attached hydrogens (tertiary/aromatic N) is 2. The zero-order valence-electron chi connectivity index (χ0n) is 39.7. The Hall–Kier alpha value is -5.04. The van der Waals surface area contributed by atoms with Crippen molar-refractivity contribution in [3.05, 3.63) is 154 Å². The number of thioether (sulfide) groups is 1. The molecule has 2 unspecified atom stereocenters. The number of carbonyl (C=O) groups excluding carboxylic acids is 1. The van der Waals surface area contributed by atoms with Crippen LogP contribution in [-0.4, -0.2) is 71.4 Å². The fourth-order valence-electron chi connectivity index (χ4n) is 8.52. The molecule has 0 aliphatic carbocycles. The van der Waals surface area contributed by atoms with Crippen LogP contribution < -0.4 is 25.6 Å². The highest BCUT2D eigenvalue weighted by Crippen LogP contribution is 2.53. The summed E-state index contributed by atoms with van der Waals surface area (Å²) in [6.45, 7) is 9.40. The van der Waals surface area contributed by atoms with Crippen molar-refractivity contribution in [3.8, 4) is 11.5 Å². The molecule has 2 fully saturated rings. The van der Waals surface area contributed by atoms with Gasteiger partial charge in [0.15, 0.2) is 17.1 Å². The van der Waals surface area contributed by atoms with Gasteiger partial charge in [-0.3, -0.25) is 18.4 Å². The fourth-order valence-corrected chi connectivity index (χ4v) is 10.8. The third-order valence-corrected chi connectivity index (χ3v) is 15.2. The van der Waals surface area contributed by atoms with Crippen molar-refractivity contribution >= 4 is 30.4 Å². The van der Waals surface area contributed by atoms with E-state index >= 15 is 0 Å². The Labute approximate surface area is 404 Å². The minimum atomic E-state index is -4.68. The monoisotopic (exact) mass is 994 g/mol. The average molecular weight is 995 g/mol. The summed E-state index contributed by atoms with van der Waals surface area (Å²) in [6, 6.07) is 31.4. The normalized spacial score (nSPS) is 21.1. The maximum absolute atomic E-state index is 14.5. The van der Waals surface area contributed by atoms with Gasteiger partial charge in [0.05, 0.1) is 33.0 Å². The predicted molar refractivity (Wildman–Crippen MR) is 256 cm³/mol. The molecule has 5 aromatic rings. The second kappa shape index (κ2) is 20.7. The van der Waals surface area contributed by atoms with E-state index in [1.165, 1.54) is 29.0 Å². The molecule has 2 saturated heterocycles. The molecule has 0 radical (unpaired) electrons. The van der Waals surface area contributed by atoms with Gasteiger partial charge in [0.1, 0.15) is 40.7 Å². The fraction of sp³-hybridized carbons (Fsp3) is 0.420. The summed E-state index contributed by atoms with van der Waals surface area (Å²) >= 11 is 0.996. The Balaban J connectivity index is 1.18. The van der Waals surface area contributed by atoms with Crippen LogP contribution in [0.4, 0.5) is 19.0 Å². The second-order valence-corrected chi connectivity index (χ2v) is 20.8. The molecule has 0 bridgehead atoms. The predicted octanol–water partition coefficient (Wildman–Crippen LogP) is 10.1. The van der Waals surface area contributed by atoms with Gasteiger partial charge in [-0.05, 0) is 85.8 Å². The quantitative estimate of drug-likeness (QED) is 0.0431. The number of hydrogen-bond donors (Lipinski definition) is 2. The molecule has 2 aliphatic heterocycles. The lowest BCUT2D eigenvalue weighted by atomic mass is 9.77. The number of methoxy groups -OCH3 is 2. The maximum atomic E-state index is 14.5. The Kier molecular flexibility index (Phi) is 15.6. The Bertz CT molecular complexity index is 2630. The molecule has 2 aliphatic rings. The number of ether oxygens (including phenoxy) is 5. The van der Waals surface area contributed by atoms with Gasteiger partial charge >= 0.3 is 19.6 Å². The van der Waals surface area contributed by atoms with Crippen molar-refractivity contribution in [2.75, 3.05) is 38.5 Å². The van der Waals surface area contributed by atoms with E-state index in [1.807, 2.05) is 99.6 Å². The zero-order chi connectivity index (χ0) is 49.8. The minimum absolute atomic E-state index is 0.0949. The van der Waals surface area contributed by atoms with Crippen LogP contribution in [0.25, 0.3) is 0 Å². The van der Waals surface area contributed by atoms with Crippen LogP contribution in [0.3, 0.4) is 0 Å². The SMILES string of the molecule is CCC(C)(C)C(=O)SCCOP(=O)(NCc1ccccc1C(F)(F)F)OC[C@H]1O[C@@H](n2ccc(NC(c3ccccc3)(c3ccc(OC)cc3)c3ccc(OC)cc3)nc2=O)[C@@]2(C)OC(C)(C)OC12. The standard InChI is InChI=1S/C50H58F3N4O10PS/c1-9-46(2,3)44(58)69-30-29-63-68(60,54-31-33-15-13-14-18-39(33)50(51,52)53)64-32-40-42-48(6,67-47(4,5)66-42)43(65-40)57-28-27-41(55-45(57)59)56-49(34-16-11-10-12-17-34,35-19-23-37(61-7)24-20-35)36-21-25-38(62-8)26-22-36/h10-28,40,42-43H,9,29-32H2,1-8H3,(H,54,60)(H,55,56,59)/t40-,42?,43-,48+,68?/m1/s1. The molecular weight excluding hydrogens is 937 g/mol. The highest BCUT2D eigenvalue weighted by atomic mass is 32.2. The van der Waals surface area contributed by atoms with Gasteiger partial charge in [-0.25, -0.2) is 14.4 Å². The van der Waals surface area contributed by atoms with Crippen LogP contribution in [0, 0.1) is 5.41 Å². The van der Waals surface area contributed by atoms with Gasteiger partial charge in [0.2, 0.25) is 0 Å². The number of rotatable bonds is 20. The van der Waals surface area contributed by atoms with Gasteiger partial charge in [0, 0.05) is 23.9 Å². The molecule has 4 aromatic carbocycles. The summed E-state index contributed by atoms with van der Waals surface area (Å²) in [5.74, 6) is 0.449. The van der Waals surface area contributed by atoms with Gasteiger partial charge < -0.3 is 29.0 Å². The number of nitrogens with one attached hydrogen (secondary N) is 2. The van der Waals surface area contributed by atoms with E-state index in [4.69, 9.17) is 32.7 Å². The van der Waals surface area contributed by atoms with Crippen LogP contribution in [0.2, 0.25) is 0 Å². The molecule has 14 nitrogen and oxygen atoms in total. The largest absolute Gasteiger partial charge is 0.497 e. The lowest BCUT2D eigenvalue weighted by Crippen LogP contribution is -2.45. The lowest BCUT2D eigenvalue weighted by molar-refractivity contribution is -0.217. The van der Waals surface area contributed by atoms with Crippen molar-refractivity contribution in [2.45, 2.75) is 96.0 Å². The first-order valence-corrected chi connectivity index (χ1v) is 24.9. The topological polar surface area (TPSA) is 158 Å². The zero-order valence-corrected chi connectivity index (χ0v) is 41.4. The van der Waals surface area contributed by atoms with Crippen molar-refractivity contribution in [1.29, 1.82) is 0 Å². The average Bonchev–Trinajstić information content (AvgIpc) is 3.74. The third-order valence-electron chi connectivity index (χ3n) is 12.4. The number of anilines is 1. The number of hydrogen-bond acceptors (Lipinski definition) is 13. The highest BCUT2D eigenvalue weighted by molar-refractivity contribution is 8.13. The van der Waals surface area contributed by atoms with E-state index in [0.717, 1.165) is 34.5 Å². The van der Waals surface area contributed by atoms with Crippen molar-refractivity contribution in [2.24, 2.45) is 5.41 Å². The molecule has 0 saturated carbocycles. The summed E-state index contributed by atoms with van der Waals surface area (Å²) in [7, 11) is -1.26. The lowest BCUT2D eigenvalue weighted by Gasteiger charge is -2.37. The van der Waals surface area contributed by atoms with E-state index in [0.29, 0.717) is 17.9 Å². The Morgan fingerprint density at radius 1 is 0.855 bits per heavy atom. The number of alkyl halides is 3. The number of aromatic nitrogens is 2. The van der Waals surface area contributed by atoms with Gasteiger partial charge in [-0.1, -0.05) is 105 Å². The summed E-state index contributed by atoms with van der Waals surface area (Å²) in [6.07, 6.45) is -5.68. The van der Waals surface area contributed by atoms with E-state index in [-0.39, 0.29) is 28.9 Å². The molecule has 1 aromatic heterocycles. The Morgan fingerprint density at radius 3 is 2.03 bits per heavy atom. The molecule has 2 N–H and O–H groups in total. The summed E-state index contributed by atoms with van der Waals surface area (Å²) in [5, 5.41) is 6.10. The Morgan fingerprint density at radius 2 is 1.45 bits per heavy atom. The maximum Gasteiger partial charge on any atom is 0.416 e. The van der Waals surface area contributed by atoms with E-state index in [2.05, 4.69) is 15.4 Å². The van der Waals surface area contributed by atoms with Gasteiger partial charge in [-0.15, -0.1) is 0 Å². The molecular formula is C50H58F3N4O10PS. The van der Waals surface area contributed by atoms with Gasteiger partial charge in [-0.2, -0.15) is 18.2 Å². The van der Waals surface area contributed by atoms with Crippen molar-refractivity contribution in [1.82, 2.24) is 14.6 Å². The number of carbonyl (C=O) groups is 1. The molecule has 69 heavy (non-hydrogen) atoms. The first-order valence-electron chi connectivity index (χ1n) is 22.4. The third kappa shape index (κ3) is 11.3. The van der Waals surface area contributed by atoms with E-state index in [9.17, 15) is 27.3 Å². The molecule has 0 spiro atoms. The number of benzene rings is 4. The molecule has 19 heteroatoms. The first-order chi connectivity index (χ1) is 32.7. The molecule has 7 rings (SSSR count). The van der Waals surface area contributed by atoms with Crippen LogP contribution in [0.1, 0.15) is 82.0 Å². The molecule has 370 valence electrons. The summed E-state index contributed by atoms with van der Waals surface area (Å²) in [5.41, 5.74) is -2.39. The summed E-state index contributed by atoms with van der Waals surface area (Å²) < 4.78 is 99.8. The number of fused-ring (bicyclic) bond motifs is 1. The van der Waals surface area contributed by atoms with Crippen LogP contribution >= 0.6 is 19.5 Å².